The zero-order valence-corrected chi connectivity index (χ0v) is 19.5. The molecule has 0 heterocycles. The Morgan fingerprint density at radius 1 is 0.846 bits per heavy atom. The van der Waals surface area contributed by atoms with E-state index < -0.39 is 0 Å². The van der Waals surface area contributed by atoms with E-state index in [1.165, 1.54) is 40.7 Å². The third kappa shape index (κ3) is 3.03. The first-order chi connectivity index (χ1) is 11.8. The number of allylic oxidation sites excluding steroid dienone is 6. The Balaban J connectivity index is 0.000000980. The Morgan fingerprint density at radius 3 is 2.35 bits per heavy atom. The van der Waals surface area contributed by atoms with Gasteiger partial charge in [0, 0.05) is 0 Å². The first-order valence-electron chi connectivity index (χ1n) is 8.85. The van der Waals surface area contributed by atoms with E-state index >= 15 is 0 Å². The Labute approximate surface area is 182 Å². The maximum absolute atomic E-state index is 2.47. The first kappa shape index (κ1) is 19.9. The van der Waals surface area contributed by atoms with Crippen LogP contribution in [0.5, 0.6) is 0 Å². The van der Waals surface area contributed by atoms with Crippen molar-refractivity contribution in [2.24, 2.45) is 5.92 Å². The van der Waals surface area contributed by atoms with Crippen molar-refractivity contribution in [2.45, 2.75) is 25.2 Å². The molecule has 0 aliphatic heterocycles. The van der Waals surface area contributed by atoms with E-state index in [2.05, 4.69) is 66.8 Å². The molecule has 2 unspecified atom stereocenters. The van der Waals surface area contributed by atoms with E-state index in [9.17, 15) is 0 Å². The third-order valence-electron chi connectivity index (χ3n) is 5.70. The van der Waals surface area contributed by atoms with Crippen LogP contribution in [0, 0.1) is 5.92 Å². The van der Waals surface area contributed by atoms with Crippen LogP contribution in [0.15, 0.2) is 70.1 Å². The van der Waals surface area contributed by atoms with Gasteiger partial charge in [-0.15, -0.1) is 0 Å². The minimum atomic E-state index is 0. The van der Waals surface area contributed by atoms with Crippen molar-refractivity contribution in [3.8, 4) is 11.1 Å². The molecule has 129 valence electrons. The van der Waals surface area contributed by atoms with E-state index in [1.54, 1.807) is 8.89 Å². The van der Waals surface area contributed by atoms with Gasteiger partial charge in [0.2, 0.25) is 0 Å². The van der Waals surface area contributed by atoms with Gasteiger partial charge in [0.1, 0.15) is 0 Å². The van der Waals surface area contributed by atoms with Crippen LogP contribution in [0.2, 0.25) is 0 Å². The van der Waals surface area contributed by atoms with Gasteiger partial charge in [0.25, 0.3) is 0 Å². The summed E-state index contributed by atoms with van der Waals surface area (Å²) in [5.74, 6) is 1.18. The predicted molar refractivity (Wildman–Crippen MR) is 96.3 cm³/mol. The van der Waals surface area contributed by atoms with Gasteiger partial charge >= 0.3 is 159 Å². The van der Waals surface area contributed by atoms with Gasteiger partial charge in [-0.1, -0.05) is 0 Å². The van der Waals surface area contributed by atoms with Gasteiger partial charge < -0.3 is 24.8 Å². The summed E-state index contributed by atoms with van der Waals surface area (Å²) in [5, 5.41) is 0. The van der Waals surface area contributed by atoms with E-state index in [0.29, 0.717) is 11.8 Å². The molecule has 0 spiro atoms. The van der Waals surface area contributed by atoms with Crippen molar-refractivity contribution in [1.29, 1.82) is 0 Å². The molecule has 0 nitrogen and oxygen atoms in total. The number of halogens is 2. The standard InChI is InChI=1S/C23H19.2ClH.Hf/c1-2-9-16(8-1)18-14-7-15-21-19-12-5-6-13-20(19)22(23(18)21)17-10-3-4-11-17;;;/h1,3,5-8,10,12-15,17,22H,2,4,11H2;2*1H;/q;;;+2/p-2. The molecule has 26 heavy (non-hydrogen) atoms. The minimum absolute atomic E-state index is 0. The number of benzene rings is 2. The molecule has 0 aromatic heterocycles. The molecule has 2 atom stereocenters. The summed E-state index contributed by atoms with van der Waals surface area (Å²) in [6.07, 6.45) is 13.2. The van der Waals surface area contributed by atoms with E-state index in [0.717, 1.165) is 30.8 Å². The Kier molecular flexibility index (Phi) is 6.11. The first-order valence-corrected chi connectivity index (χ1v) is 10.6. The van der Waals surface area contributed by atoms with Crippen LogP contribution in [0.3, 0.4) is 0 Å². The quantitative estimate of drug-likeness (QED) is 0.369. The number of hydrogen-bond acceptors (Lipinski definition) is 0. The van der Waals surface area contributed by atoms with Gasteiger partial charge in [-0.2, -0.15) is 0 Å². The van der Waals surface area contributed by atoms with Crippen LogP contribution in [0.1, 0.15) is 41.9 Å². The molecule has 0 N–H and O–H groups in total. The second-order valence-corrected chi connectivity index (χ2v) is 9.17. The average molecular weight is 545 g/mol. The summed E-state index contributed by atoms with van der Waals surface area (Å²) >= 11 is 1.16. The topological polar surface area (TPSA) is 0 Å². The Morgan fingerprint density at radius 2 is 1.62 bits per heavy atom. The molecule has 3 heteroatoms. The Bertz CT molecular complexity index is 924. The summed E-state index contributed by atoms with van der Waals surface area (Å²) < 4.78 is 1.64. The van der Waals surface area contributed by atoms with Crippen LogP contribution >= 0.6 is 0 Å². The van der Waals surface area contributed by atoms with Crippen LogP contribution in [-0.4, -0.2) is 0 Å². The number of hydrogen-bond donors (Lipinski definition) is 0. The maximum atomic E-state index is 2.47. The van der Waals surface area contributed by atoms with E-state index in [1.807, 2.05) is 0 Å². The normalized spacial score (nSPS) is 22.1. The molecule has 5 rings (SSSR count). The molecule has 0 radical (unpaired) electrons. The zero-order valence-electron chi connectivity index (χ0n) is 14.4. The van der Waals surface area contributed by atoms with Gasteiger partial charge in [0.15, 0.2) is 0 Å². The van der Waals surface area contributed by atoms with Gasteiger partial charge in [-0.05, 0) is 0 Å². The van der Waals surface area contributed by atoms with E-state index in [-0.39, 0.29) is 24.8 Å². The summed E-state index contributed by atoms with van der Waals surface area (Å²) in [4.78, 5) is 0. The SMILES string of the molecule is [Cl-].[Cl-].[Hf+2][C]1=C(c2cccc3c2C(C2C=CCC2)c2ccccc2-3)C=CC1. The number of rotatable bonds is 2. The van der Waals surface area contributed by atoms with Crippen molar-refractivity contribution < 1.29 is 49.2 Å². The molecule has 0 saturated carbocycles. The molecular formula is C23H19Cl2Hf. The summed E-state index contributed by atoms with van der Waals surface area (Å²) in [7, 11) is 0. The molecule has 0 fully saturated rings. The molecule has 0 saturated heterocycles. The van der Waals surface area contributed by atoms with Crippen molar-refractivity contribution in [3.63, 3.8) is 0 Å². The van der Waals surface area contributed by atoms with Crippen molar-refractivity contribution in [3.05, 3.63) is 86.8 Å². The van der Waals surface area contributed by atoms with Crippen LogP contribution < -0.4 is 24.8 Å². The fourth-order valence-corrected chi connectivity index (χ4v) is 5.88. The fraction of sp³-hybridized carbons (Fsp3) is 0.217. The summed E-state index contributed by atoms with van der Waals surface area (Å²) in [5.41, 5.74) is 9.05. The summed E-state index contributed by atoms with van der Waals surface area (Å²) in [6.45, 7) is 0. The van der Waals surface area contributed by atoms with Crippen molar-refractivity contribution in [2.75, 3.05) is 0 Å². The van der Waals surface area contributed by atoms with Gasteiger partial charge in [0.05, 0.1) is 0 Å². The second kappa shape index (κ2) is 8.00. The second-order valence-electron chi connectivity index (χ2n) is 7.00. The zero-order chi connectivity index (χ0) is 16.1. The third-order valence-corrected chi connectivity index (χ3v) is 7.40. The summed E-state index contributed by atoms with van der Waals surface area (Å²) in [6, 6.07) is 16.0. The number of fused-ring (bicyclic) bond motifs is 3. The molecule has 0 bridgehead atoms. The monoisotopic (exact) mass is 545 g/mol. The molecule has 0 amide bonds. The van der Waals surface area contributed by atoms with Gasteiger partial charge in [-0.25, -0.2) is 0 Å². The van der Waals surface area contributed by atoms with Crippen LogP contribution in [-0.2, 0) is 24.4 Å². The van der Waals surface area contributed by atoms with Crippen molar-refractivity contribution >= 4 is 5.57 Å². The molecular weight excluding hydrogens is 526 g/mol. The molecule has 3 aliphatic rings. The Hall–Kier alpha value is -0.890. The van der Waals surface area contributed by atoms with Crippen LogP contribution in [0.4, 0.5) is 0 Å². The fourth-order valence-electron chi connectivity index (χ4n) is 4.67. The molecule has 2 aromatic rings. The molecule has 2 aromatic carbocycles. The van der Waals surface area contributed by atoms with E-state index in [4.69, 9.17) is 0 Å². The van der Waals surface area contributed by atoms with Crippen LogP contribution in [0.25, 0.3) is 16.7 Å². The predicted octanol–water partition coefficient (Wildman–Crippen LogP) is -0.00910. The molecule has 3 aliphatic carbocycles. The average Bonchev–Trinajstić information content (AvgIpc) is 3.32. The van der Waals surface area contributed by atoms with Crippen molar-refractivity contribution in [1.82, 2.24) is 0 Å². The van der Waals surface area contributed by atoms with Gasteiger partial charge in [-0.3, -0.25) is 0 Å².